The molecule has 0 spiro atoms. The first-order chi connectivity index (χ1) is 8.36. The average Bonchev–Trinajstić information content (AvgIpc) is 2.98. The lowest BCUT2D eigenvalue weighted by atomic mass is 9.99. The lowest BCUT2D eigenvalue weighted by Crippen LogP contribution is -2.23. The lowest BCUT2D eigenvalue weighted by molar-refractivity contribution is 0.134. The van der Waals surface area contributed by atoms with Gasteiger partial charge in [0.05, 0.1) is 20.3 Å². The number of methoxy groups -OCH3 is 1. The van der Waals surface area contributed by atoms with E-state index in [-0.39, 0.29) is 0 Å². The minimum Gasteiger partial charge on any atom is -0.496 e. The van der Waals surface area contributed by atoms with Crippen LogP contribution in [0, 0.1) is 0 Å². The van der Waals surface area contributed by atoms with E-state index in [4.69, 9.17) is 9.47 Å². The SMILES string of the molecule is COc1cc2c(cc1CC1CCCN1)COC2. The van der Waals surface area contributed by atoms with Crippen LogP contribution < -0.4 is 10.1 Å². The van der Waals surface area contributed by atoms with Crippen molar-refractivity contribution in [2.24, 2.45) is 0 Å². The summed E-state index contributed by atoms with van der Waals surface area (Å²) in [6.45, 7) is 2.64. The Bertz CT molecular complexity index is 411. The summed E-state index contributed by atoms with van der Waals surface area (Å²) >= 11 is 0. The van der Waals surface area contributed by atoms with Gasteiger partial charge < -0.3 is 14.8 Å². The average molecular weight is 233 g/mol. The van der Waals surface area contributed by atoms with Gasteiger partial charge in [0.1, 0.15) is 5.75 Å². The summed E-state index contributed by atoms with van der Waals surface area (Å²) in [5.74, 6) is 1.02. The lowest BCUT2D eigenvalue weighted by Gasteiger charge is -2.15. The fraction of sp³-hybridized carbons (Fsp3) is 0.571. The summed E-state index contributed by atoms with van der Waals surface area (Å²) in [4.78, 5) is 0. The van der Waals surface area contributed by atoms with Crippen LogP contribution in [0.5, 0.6) is 5.75 Å². The van der Waals surface area contributed by atoms with Crippen LogP contribution in [0.2, 0.25) is 0 Å². The number of hydrogen-bond donors (Lipinski definition) is 1. The van der Waals surface area contributed by atoms with E-state index in [9.17, 15) is 0 Å². The van der Waals surface area contributed by atoms with Crippen LogP contribution in [0.15, 0.2) is 12.1 Å². The molecule has 1 unspecified atom stereocenters. The van der Waals surface area contributed by atoms with Crippen LogP contribution in [0.3, 0.4) is 0 Å². The molecule has 1 fully saturated rings. The fourth-order valence-electron chi connectivity index (χ4n) is 2.80. The van der Waals surface area contributed by atoms with Gasteiger partial charge in [0.2, 0.25) is 0 Å². The molecule has 2 aliphatic rings. The summed E-state index contributed by atoms with van der Waals surface area (Å²) < 4.78 is 11.0. The molecule has 17 heavy (non-hydrogen) atoms. The van der Waals surface area contributed by atoms with Crippen molar-refractivity contribution in [2.45, 2.75) is 38.5 Å². The fourth-order valence-corrected chi connectivity index (χ4v) is 2.80. The molecule has 0 aromatic heterocycles. The van der Waals surface area contributed by atoms with Crippen molar-refractivity contribution in [2.75, 3.05) is 13.7 Å². The predicted molar refractivity (Wildman–Crippen MR) is 66.2 cm³/mol. The summed E-state index contributed by atoms with van der Waals surface area (Å²) in [6, 6.07) is 5.03. The zero-order valence-electron chi connectivity index (χ0n) is 10.3. The van der Waals surface area contributed by atoms with Crippen molar-refractivity contribution in [3.63, 3.8) is 0 Å². The van der Waals surface area contributed by atoms with E-state index in [1.165, 1.54) is 29.5 Å². The predicted octanol–water partition coefficient (Wildman–Crippen LogP) is 2.02. The van der Waals surface area contributed by atoms with Gasteiger partial charge in [0.25, 0.3) is 0 Å². The van der Waals surface area contributed by atoms with Crippen LogP contribution in [-0.2, 0) is 24.4 Å². The van der Waals surface area contributed by atoms with Crippen molar-refractivity contribution in [3.05, 3.63) is 28.8 Å². The highest BCUT2D eigenvalue weighted by Gasteiger charge is 2.20. The van der Waals surface area contributed by atoms with Crippen LogP contribution >= 0.6 is 0 Å². The van der Waals surface area contributed by atoms with E-state index in [1.54, 1.807) is 7.11 Å². The first-order valence-electron chi connectivity index (χ1n) is 6.36. The quantitative estimate of drug-likeness (QED) is 0.866. The maximum absolute atomic E-state index is 5.50. The summed E-state index contributed by atoms with van der Waals surface area (Å²) in [6.07, 6.45) is 3.63. The maximum atomic E-state index is 5.50. The number of rotatable bonds is 3. The van der Waals surface area contributed by atoms with Gasteiger partial charge in [-0.2, -0.15) is 0 Å². The summed E-state index contributed by atoms with van der Waals surface area (Å²) in [5.41, 5.74) is 3.93. The van der Waals surface area contributed by atoms with Crippen molar-refractivity contribution in [1.29, 1.82) is 0 Å². The van der Waals surface area contributed by atoms with E-state index in [0.717, 1.165) is 31.9 Å². The molecule has 0 amide bonds. The zero-order valence-corrected chi connectivity index (χ0v) is 10.3. The maximum Gasteiger partial charge on any atom is 0.122 e. The molecule has 1 aromatic rings. The monoisotopic (exact) mass is 233 g/mol. The van der Waals surface area contributed by atoms with Gasteiger partial charge >= 0.3 is 0 Å². The third kappa shape index (κ3) is 2.17. The smallest absolute Gasteiger partial charge is 0.122 e. The van der Waals surface area contributed by atoms with Crippen LogP contribution in [-0.4, -0.2) is 19.7 Å². The standard InChI is InChI=1S/C14H19NO2/c1-16-14-7-12-9-17-8-11(12)5-10(14)6-13-3-2-4-15-13/h5,7,13,15H,2-4,6,8-9H2,1H3. The van der Waals surface area contributed by atoms with Crippen molar-refractivity contribution in [1.82, 2.24) is 5.32 Å². The highest BCUT2D eigenvalue weighted by molar-refractivity contribution is 5.44. The molecule has 2 aliphatic heterocycles. The van der Waals surface area contributed by atoms with E-state index < -0.39 is 0 Å². The van der Waals surface area contributed by atoms with Gasteiger partial charge in [-0.3, -0.25) is 0 Å². The first-order valence-corrected chi connectivity index (χ1v) is 6.36. The molecule has 2 heterocycles. The molecule has 0 saturated carbocycles. The van der Waals surface area contributed by atoms with Gasteiger partial charge in [0, 0.05) is 6.04 Å². The number of nitrogens with one attached hydrogen (secondary N) is 1. The number of benzene rings is 1. The summed E-state index contributed by atoms with van der Waals surface area (Å²) in [7, 11) is 1.75. The third-order valence-electron chi connectivity index (χ3n) is 3.75. The van der Waals surface area contributed by atoms with E-state index in [1.807, 2.05) is 0 Å². The minimum atomic E-state index is 0.615. The zero-order chi connectivity index (χ0) is 11.7. The van der Waals surface area contributed by atoms with E-state index in [2.05, 4.69) is 17.4 Å². The molecule has 0 radical (unpaired) electrons. The van der Waals surface area contributed by atoms with Crippen LogP contribution in [0.4, 0.5) is 0 Å². The van der Waals surface area contributed by atoms with Gasteiger partial charge in [0.15, 0.2) is 0 Å². The Hall–Kier alpha value is -1.06. The van der Waals surface area contributed by atoms with Gasteiger partial charge in [-0.25, -0.2) is 0 Å². The normalized spacial score (nSPS) is 22.8. The molecule has 3 rings (SSSR count). The second-order valence-corrected chi connectivity index (χ2v) is 4.92. The molecule has 1 aromatic carbocycles. The van der Waals surface area contributed by atoms with Gasteiger partial charge in [-0.15, -0.1) is 0 Å². The minimum absolute atomic E-state index is 0.615. The van der Waals surface area contributed by atoms with Crippen molar-refractivity contribution in [3.8, 4) is 5.75 Å². The van der Waals surface area contributed by atoms with Crippen LogP contribution in [0.1, 0.15) is 29.5 Å². The molecule has 1 saturated heterocycles. The Morgan fingerprint density at radius 1 is 1.35 bits per heavy atom. The Labute approximate surface area is 102 Å². The summed E-state index contributed by atoms with van der Waals surface area (Å²) in [5, 5.41) is 3.54. The Kier molecular flexibility index (Phi) is 3.04. The Morgan fingerprint density at radius 3 is 2.88 bits per heavy atom. The van der Waals surface area contributed by atoms with Gasteiger partial charge in [-0.05, 0) is 54.6 Å². The number of hydrogen-bond acceptors (Lipinski definition) is 3. The largest absolute Gasteiger partial charge is 0.496 e. The van der Waals surface area contributed by atoms with E-state index >= 15 is 0 Å². The molecular formula is C14H19NO2. The molecule has 92 valence electrons. The van der Waals surface area contributed by atoms with Crippen LogP contribution in [0.25, 0.3) is 0 Å². The van der Waals surface area contributed by atoms with Crippen molar-refractivity contribution >= 4 is 0 Å². The molecule has 3 nitrogen and oxygen atoms in total. The molecule has 0 aliphatic carbocycles. The van der Waals surface area contributed by atoms with Crippen molar-refractivity contribution < 1.29 is 9.47 Å². The molecule has 3 heteroatoms. The Morgan fingerprint density at radius 2 is 2.18 bits per heavy atom. The second-order valence-electron chi connectivity index (χ2n) is 4.92. The first kappa shape index (κ1) is 11.1. The highest BCUT2D eigenvalue weighted by atomic mass is 16.5. The second kappa shape index (κ2) is 4.67. The Balaban J connectivity index is 1.86. The topological polar surface area (TPSA) is 30.5 Å². The van der Waals surface area contributed by atoms with Gasteiger partial charge in [-0.1, -0.05) is 0 Å². The molecule has 0 bridgehead atoms. The molecule has 1 atom stereocenters. The third-order valence-corrected chi connectivity index (χ3v) is 3.75. The number of fused-ring (bicyclic) bond motifs is 1. The molecular weight excluding hydrogens is 214 g/mol. The highest BCUT2D eigenvalue weighted by Crippen LogP contribution is 2.30. The number of ether oxygens (including phenoxy) is 2. The molecule has 1 N–H and O–H groups in total. The van der Waals surface area contributed by atoms with E-state index in [0.29, 0.717) is 6.04 Å².